The Kier molecular flexibility index (Phi) is 7.86. The number of nitrogens with one attached hydrogen (secondary N) is 2. The van der Waals surface area contributed by atoms with Crippen LogP contribution in [-0.4, -0.2) is 23.7 Å². The van der Waals surface area contributed by atoms with Crippen molar-refractivity contribution in [1.82, 2.24) is 10.6 Å². The normalized spacial score (nSPS) is 12.2. The lowest BCUT2D eigenvalue weighted by Crippen LogP contribution is -2.33. The fraction of sp³-hybridized carbons (Fsp3) is 0.417. The molecule has 162 valence electrons. The van der Waals surface area contributed by atoms with Crippen molar-refractivity contribution in [2.75, 3.05) is 0 Å². The number of hydrogen-bond acceptors (Lipinski definition) is 4. The van der Waals surface area contributed by atoms with Crippen molar-refractivity contribution in [3.63, 3.8) is 0 Å². The third-order valence-electron chi connectivity index (χ3n) is 4.18. The van der Waals surface area contributed by atoms with E-state index in [4.69, 9.17) is 9.47 Å². The molecule has 0 aliphatic heterocycles. The number of hydrogen-bond donors (Lipinski definition) is 2. The van der Waals surface area contributed by atoms with Gasteiger partial charge in [-0.2, -0.15) is 0 Å². The highest BCUT2D eigenvalue weighted by Gasteiger charge is 2.19. The predicted molar refractivity (Wildman–Crippen MR) is 118 cm³/mol. The minimum Gasteiger partial charge on any atom is -0.491 e. The number of amides is 2. The smallest absolute Gasteiger partial charge is 0.407 e. The van der Waals surface area contributed by atoms with Gasteiger partial charge in [0.05, 0.1) is 12.1 Å². The first kappa shape index (κ1) is 23.3. The molecule has 0 radical (unpaired) electrons. The second-order valence-electron chi connectivity index (χ2n) is 8.41. The topological polar surface area (TPSA) is 76.7 Å². The second-order valence-corrected chi connectivity index (χ2v) is 8.41. The van der Waals surface area contributed by atoms with Crippen LogP contribution in [0.25, 0.3) is 0 Å². The van der Waals surface area contributed by atoms with Crippen LogP contribution in [0.1, 0.15) is 69.1 Å². The molecule has 0 saturated heterocycles. The van der Waals surface area contributed by atoms with Crippen LogP contribution in [-0.2, 0) is 11.3 Å². The van der Waals surface area contributed by atoms with Crippen LogP contribution < -0.4 is 15.4 Å². The molecule has 0 heterocycles. The summed E-state index contributed by atoms with van der Waals surface area (Å²) in [6.45, 7) is 11.5. The summed E-state index contributed by atoms with van der Waals surface area (Å²) in [5.74, 6) is 0.531. The summed E-state index contributed by atoms with van der Waals surface area (Å²) in [6, 6.07) is 14.6. The van der Waals surface area contributed by atoms with E-state index in [1.54, 1.807) is 32.9 Å². The van der Waals surface area contributed by atoms with Crippen molar-refractivity contribution in [3.05, 3.63) is 65.2 Å². The lowest BCUT2D eigenvalue weighted by Gasteiger charge is -2.21. The zero-order valence-electron chi connectivity index (χ0n) is 18.6. The molecule has 2 aromatic carbocycles. The van der Waals surface area contributed by atoms with E-state index >= 15 is 0 Å². The first-order chi connectivity index (χ1) is 14.1. The van der Waals surface area contributed by atoms with Crippen molar-refractivity contribution >= 4 is 12.0 Å². The zero-order valence-corrected chi connectivity index (χ0v) is 18.6. The Bertz CT molecular complexity index is 872. The summed E-state index contributed by atoms with van der Waals surface area (Å²) in [6.07, 6.45) is -0.487. The maximum Gasteiger partial charge on any atom is 0.407 e. The molecule has 6 nitrogen and oxygen atoms in total. The average Bonchev–Trinajstić information content (AvgIpc) is 2.65. The Balaban J connectivity index is 2.10. The third-order valence-corrected chi connectivity index (χ3v) is 4.18. The molecule has 0 unspecified atom stereocenters. The molecule has 2 N–H and O–H groups in total. The highest BCUT2D eigenvalue weighted by molar-refractivity contribution is 5.96. The summed E-state index contributed by atoms with van der Waals surface area (Å²) in [5, 5.41) is 5.73. The number of benzene rings is 2. The summed E-state index contributed by atoms with van der Waals surface area (Å²) in [4.78, 5) is 24.9. The minimum absolute atomic E-state index is 0.0358. The Morgan fingerprint density at radius 1 is 0.967 bits per heavy atom. The van der Waals surface area contributed by atoms with Crippen LogP contribution in [0.5, 0.6) is 5.75 Å². The van der Waals surface area contributed by atoms with Crippen molar-refractivity contribution in [2.24, 2.45) is 0 Å². The Labute approximate surface area is 179 Å². The highest BCUT2D eigenvalue weighted by Crippen LogP contribution is 2.26. The van der Waals surface area contributed by atoms with E-state index in [1.165, 1.54) is 0 Å². The number of ether oxygens (including phenoxy) is 2. The van der Waals surface area contributed by atoms with Crippen LogP contribution in [0.4, 0.5) is 4.79 Å². The van der Waals surface area contributed by atoms with Gasteiger partial charge >= 0.3 is 6.09 Å². The minimum atomic E-state index is -0.581. The van der Waals surface area contributed by atoms with Gasteiger partial charge in [-0.3, -0.25) is 4.79 Å². The first-order valence-corrected chi connectivity index (χ1v) is 10.2. The number of carbonyl (C=O) groups is 2. The van der Waals surface area contributed by atoms with Crippen LogP contribution in [0.2, 0.25) is 0 Å². The van der Waals surface area contributed by atoms with E-state index in [0.29, 0.717) is 11.1 Å². The Morgan fingerprint density at radius 3 is 2.27 bits per heavy atom. The molecule has 0 aliphatic carbocycles. The van der Waals surface area contributed by atoms with E-state index in [2.05, 4.69) is 10.6 Å². The zero-order chi connectivity index (χ0) is 22.3. The highest BCUT2D eigenvalue weighted by atomic mass is 16.6. The van der Waals surface area contributed by atoms with Gasteiger partial charge in [0.1, 0.15) is 11.4 Å². The van der Waals surface area contributed by atoms with E-state index in [1.807, 2.05) is 57.2 Å². The van der Waals surface area contributed by atoms with Gasteiger partial charge in [-0.15, -0.1) is 0 Å². The molecule has 0 bridgehead atoms. The van der Waals surface area contributed by atoms with Gasteiger partial charge in [-0.1, -0.05) is 36.4 Å². The Hall–Kier alpha value is -3.02. The quantitative estimate of drug-likeness (QED) is 0.672. The van der Waals surface area contributed by atoms with E-state index in [0.717, 1.165) is 11.3 Å². The lowest BCUT2D eigenvalue weighted by atomic mass is 10.0. The van der Waals surface area contributed by atoms with Gasteiger partial charge in [-0.05, 0) is 59.2 Å². The largest absolute Gasteiger partial charge is 0.491 e. The fourth-order valence-electron chi connectivity index (χ4n) is 2.93. The van der Waals surface area contributed by atoms with E-state index in [-0.39, 0.29) is 24.6 Å². The summed E-state index contributed by atoms with van der Waals surface area (Å²) in [7, 11) is 0. The van der Waals surface area contributed by atoms with Crippen LogP contribution >= 0.6 is 0 Å². The Morgan fingerprint density at radius 2 is 1.60 bits per heavy atom. The van der Waals surface area contributed by atoms with Gasteiger partial charge in [-0.25, -0.2) is 4.79 Å². The maximum atomic E-state index is 13.0. The van der Waals surface area contributed by atoms with Crippen molar-refractivity contribution in [1.29, 1.82) is 0 Å². The third kappa shape index (κ3) is 7.10. The predicted octanol–water partition coefficient (Wildman–Crippen LogP) is 4.99. The molecule has 2 amide bonds. The summed E-state index contributed by atoms with van der Waals surface area (Å²) < 4.78 is 11.1. The van der Waals surface area contributed by atoms with Gasteiger partial charge in [0.2, 0.25) is 0 Å². The molecule has 2 rings (SSSR count). The van der Waals surface area contributed by atoms with Gasteiger partial charge in [0, 0.05) is 17.7 Å². The molecule has 0 aromatic heterocycles. The molecule has 0 saturated carbocycles. The molecule has 2 aromatic rings. The van der Waals surface area contributed by atoms with Gasteiger partial charge < -0.3 is 20.1 Å². The van der Waals surface area contributed by atoms with Crippen LogP contribution in [0.3, 0.4) is 0 Å². The van der Waals surface area contributed by atoms with E-state index in [9.17, 15) is 9.59 Å². The molecular formula is C24H32N2O4. The van der Waals surface area contributed by atoms with Crippen molar-refractivity contribution in [3.8, 4) is 5.75 Å². The molecule has 0 fully saturated rings. The molecule has 0 aliphatic rings. The molecule has 0 spiro atoms. The van der Waals surface area contributed by atoms with Crippen molar-refractivity contribution in [2.45, 2.75) is 65.8 Å². The summed E-state index contributed by atoms with van der Waals surface area (Å²) >= 11 is 0. The van der Waals surface area contributed by atoms with Gasteiger partial charge in [0.15, 0.2) is 0 Å². The van der Waals surface area contributed by atoms with Crippen LogP contribution in [0, 0.1) is 0 Å². The fourth-order valence-corrected chi connectivity index (χ4v) is 2.93. The summed E-state index contributed by atoms with van der Waals surface area (Å²) in [5.41, 5.74) is 1.54. The second kappa shape index (κ2) is 10.1. The molecule has 1 atom stereocenters. The number of para-hydroxylation sites is 1. The standard InChI is InChI=1S/C24H32N2O4/c1-16(2)29-21-14-10-9-12-19(21)17(3)26-22(27)20-13-8-7-11-18(20)15-25-23(28)30-24(4,5)6/h7-14,16-17H,15H2,1-6H3,(H,25,28)(H,26,27)/t17-/m1/s1. The van der Waals surface area contributed by atoms with Gasteiger partial charge in [0.25, 0.3) is 5.91 Å². The lowest BCUT2D eigenvalue weighted by molar-refractivity contribution is 0.0522. The molecule has 30 heavy (non-hydrogen) atoms. The molecule has 6 heteroatoms. The number of alkyl carbamates (subject to hydrolysis) is 1. The van der Waals surface area contributed by atoms with Crippen LogP contribution in [0.15, 0.2) is 48.5 Å². The molecular weight excluding hydrogens is 380 g/mol. The number of rotatable bonds is 7. The maximum absolute atomic E-state index is 13.0. The average molecular weight is 413 g/mol. The SMILES string of the molecule is CC(C)Oc1ccccc1[C@@H](C)NC(=O)c1ccccc1CNC(=O)OC(C)(C)C. The van der Waals surface area contributed by atoms with E-state index < -0.39 is 11.7 Å². The van der Waals surface area contributed by atoms with Crippen molar-refractivity contribution < 1.29 is 19.1 Å². The monoisotopic (exact) mass is 412 g/mol. The first-order valence-electron chi connectivity index (χ1n) is 10.2. The number of carbonyl (C=O) groups excluding carboxylic acids is 2.